The van der Waals surface area contributed by atoms with E-state index < -0.39 is 22.5 Å². The molecule has 0 aliphatic carbocycles. The van der Waals surface area contributed by atoms with Gasteiger partial charge in [-0.15, -0.1) is 0 Å². The van der Waals surface area contributed by atoms with Gasteiger partial charge in [-0.25, -0.2) is 13.8 Å². The highest BCUT2D eigenvalue weighted by Gasteiger charge is 2.31. The fourth-order valence-corrected chi connectivity index (χ4v) is 5.54. The number of fused-ring (bicyclic) bond motifs is 1. The number of anilines is 1. The summed E-state index contributed by atoms with van der Waals surface area (Å²) in [6, 6.07) is 22.3. The molecule has 1 N–H and O–H groups in total. The largest absolute Gasteiger partial charge is 0.497 e. The zero-order valence-corrected chi connectivity index (χ0v) is 23.3. The first kappa shape index (κ1) is 28.2. The molecule has 0 atom stereocenters. The van der Waals surface area contributed by atoms with E-state index in [0.717, 1.165) is 20.6 Å². The molecule has 40 heavy (non-hydrogen) atoms. The third kappa shape index (κ3) is 5.94. The highest BCUT2D eigenvalue weighted by molar-refractivity contribution is 7.92. The van der Waals surface area contributed by atoms with Crippen molar-refractivity contribution >= 4 is 38.6 Å². The lowest BCUT2D eigenvalue weighted by atomic mass is 10.1. The van der Waals surface area contributed by atoms with E-state index in [0.29, 0.717) is 11.5 Å². The topological polar surface area (TPSA) is 116 Å². The van der Waals surface area contributed by atoms with E-state index >= 15 is 0 Å². The van der Waals surface area contributed by atoms with Crippen molar-refractivity contribution in [2.75, 3.05) is 39.3 Å². The number of amides is 1. The molecule has 0 unspecified atom stereocenters. The van der Waals surface area contributed by atoms with Gasteiger partial charge in [0.1, 0.15) is 18.0 Å². The lowest BCUT2D eigenvalue weighted by Gasteiger charge is -2.26. The molecule has 4 aromatic rings. The van der Waals surface area contributed by atoms with E-state index in [1.807, 2.05) is 42.5 Å². The van der Waals surface area contributed by atoms with Gasteiger partial charge in [-0.05, 0) is 35.0 Å². The van der Waals surface area contributed by atoms with Gasteiger partial charge < -0.3 is 18.9 Å². The number of carbonyl (C=O) groups is 1. The second-order valence-electron chi connectivity index (χ2n) is 8.43. The van der Waals surface area contributed by atoms with Crippen LogP contribution in [0.2, 0.25) is 0 Å². The molecule has 4 rings (SSSR count). The number of hydrogen-bond donors (Lipinski definition) is 1. The van der Waals surface area contributed by atoms with Crippen LogP contribution in [0.3, 0.4) is 0 Å². The predicted molar refractivity (Wildman–Crippen MR) is 153 cm³/mol. The lowest BCUT2D eigenvalue weighted by Crippen LogP contribution is -2.39. The van der Waals surface area contributed by atoms with Crippen LogP contribution in [0.25, 0.3) is 10.8 Å². The monoisotopic (exact) mass is 563 g/mol. The number of methoxy groups -OCH3 is 4. The number of hydrogen-bond acceptors (Lipinski definition) is 8. The molecule has 0 spiro atoms. The quantitative estimate of drug-likeness (QED) is 0.215. The minimum Gasteiger partial charge on any atom is -0.497 e. The minimum atomic E-state index is -4.32. The van der Waals surface area contributed by atoms with Gasteiger partial charge in [-0.1, -0.05) is 42.5 Å². The Balaban J connectivity index is 1.69. The van der Waals surface area contributed by atoms with Crippen LogP contribution in [0.1, 0.15) is 5.56 Å². The van der Waals surface area contributed by atoms with Gasteiger partial charge in [0.05, 0.1) is 45.2 Å². The average molecular weight is 564 g/mol. The fraction of sp³-hybridized carbons (Fsp3) is 0.172. The number of ether oxygens (including phenoxy) is 4. The molecule has 208 valence electrons. The summed E-state index contributed by atoms with van der Waals surface area (Å²) in [6.45, 7) is -0.604. The van der Waals surface area contributed by atoms with Gasteiger partial charge in [-0.3, -0.25) is 9.10 Å². The van der Waals surface area contributed by atoms with Crippen LogP contribution in [0.4, 0.5) is 5.69 Å². The molecule has 0 saturated carbocycles. The van der Waals surface area contributed by atoms with Crippen LogP contribution >= 0.6 is 0 Å². The average Bonchev–Trinajstić information content (AvgIpc) is 2.99. The molecule has 0 fully saturated rings. The van der Waals surface area contributed by atoms with Crippen LogP contribution in [0.15, 0.2) is 88.9 Å². The number of carbonyl (C=O) groups excluding carboxylic acids is 1. The summed E-state index contributed by atoms with van der Waals surface area (Å²) in [5.74, 6) is 0.484. The first-order chi connectivity index (χ1) is 19.3. The number of rotatable bonds is 11. The molecule has 0 heterocycles. The van der Waals surface area contributed by atoms with Crippen molar-refractivity contribution in [2.45, 2.75) is 4.90 Å². The zero-order chi connectivity index (χ0) is 28.7. The van der Waals surface area contributed by atoms with Crippen LogP contribution in [-0.2, 0) is 14.8 Å². The third-order valence-electron chi connectivity index (χ3n) is 6.10. The molecular weight excluding hydrogens is 534 g/mol. The van der Waals surface area contributed by atoms with Gasteiger partial charge in [0.25, 0.3) is 15.9 Å². The van der Waals surface area contributed by atoms with E-state index in [4.69, 9.17) is 18.9 Å². The Kier molecular flexibility index (Phi) is 8.75. The Labute approximate surface area is 232 Å². The number of nitrogens with one attached hydrogen (secondary N) is 1. The number of nitrogens with zero attached hydrogens (tertiary/aromatic N) is 2. The lowest BCUT2D eigenvalue weighted by molar-refractivity contribution is -0.119. The van der Waals surface area contributed by atoms with Crippen LogP contribution in [0.5, 0.6) is 23.0 Å². The van der Waals surface area contributed by atoms with E-state index in [9.17, 15) is 13.2 Å². The zero-order valence-electron chi connectivity index (χ0n) is 22.5. The van der Waals surface area contributed by atoms with Crippen molar-refractivity contribution in [3.8, 4) is 23.0 Å². The Hall–Kier alpha value is -4.77. The van der Waals surface area contributed by atoms with Crippen LogP contribution in [-0.4, -0.2) is 55.5 Å². The molecule has 4 aromatic carbocycles. The number of sulfonamides is 1. The van der Waals surface area contributed by atoms with Crippen molar-refractivity contribution in [1.82, 2.24) is 5.43 Å². The Bertz CT molecular complexity index is 1650. The first-order valence-electron chi connectivity index (χ1n) is 12.1. The van der Waals surface area contributed by atoms with E-state index in [1.165, 1.54) is 58.9 Å². The van der Waals surface area contributed by atoms with Gasteiger partial charge >= 0.3 is 0 Å². The Morgan fingerprint density at radius 1 is 0.825 bits per heavy atom. The van der Waals surface area contributed by atoms with Crippen molar-refractivity contribution < 1.29 is 32.2 Å². The second kappa shape index (κ2) is 12.4. The van der Waals surface area contributed by atoms with Gasteiger partial charge in [0, 0.05) is 17.7 Å². The standard InChI is InChI=1S/C29H29N3O7S/c1-36-22-12-14-26(37-2)25(16-22)32(40(34,35)23-13-15-27(38-3)28(17-23)39-4)19-29(33)31-30-18-21-10-7-9-20-8-5-6-11-24(20)21/h5-18H,19H2,1-4H3,(H,31,33). The summed E-state index contributed by atoms with van der Waals surface area (Å²) >= 11 is 0. The normalized spacial score (nSPS) is 11.3. The highest BCUT2D eigenvalue weighted by atomic mass is 32.2. The molecule has 0 radical (unpaired) electrons. The van der Waals surface area contributed by atoms with Crippen LogP contribution in [0, 0.1) is 0 Å². The van der Waals surface area contributed by atoms with Crippen LogP contribution < -0.4 is 28.7 Å². The third-order valence-corrected chi connectivity index (χ3v) is 7.86. The van der Waals surface area contributed by atoms with Crippen molar-refractivity contribution in [3.05, 3.63) is 84.4 Å². The fourth-order valence-electron chi connectivity index (χ4n) is 4.10. The van der Waals surface area contributed by atoms with Crippen molar-refractivity contribution in [1.29, 1.82) is 0 Å². The van der Waals surface area contributed by atoms with E-state index in [2.05, 4.69) is 10.5 Å². The summed E-state index contributed by atoms with van der Waals surface area (Å²) in [5.41, 5.74) is 3.33. The molecule has 1 amide bonds. The summed E-state index contributed by atoms with van der Waals surface area (Å²) < 4.78 is 50.1. The van der Waals surface area contributed by atoms with Crippen molar-refractivity contribution in [3.63, 3.8) is 0 Å². The molecular formula is C29H29N3O7S. The number of hydrazone groups is 1. The first-order valence-corrected chi connectivity index (χ1v) is 13.5. The Morgan fingerprint density at radius 3 is 2.25 bits per heavy atom. The molecule has 11 heteroatoms. The summed E-state index contributed by atoms with van der Waals surface area (Å²) in [4.78, 5) is 13.0. The molecule has 0 aliphatic heterocycles. The van der Waals surface area contributed by atoms with E-state index in [-0.39, 0.29) is 22.1 Å². The number of benzene rings is 4. The molecule has 0 bridgehead atoms. The molecule has 10 nitrogen and oxygen atoms in total. The smallest absolute Gasteiger partial charge is 0.265 e. The summed E-state index contributed by atoms with van der Waals surface area (Å²) in [7, 11) is 1.38. The van der Waals surface area contributed by atoms with Gasteiger partial charge in [-0.2, -0.15) is 5.10 Å². The Morgan fingerprint density at radius 2 is 1.52 bits per heavy atom. The maximum Gasteiger partial charge on any atom is 0.265 e. The van der Waals surface area contributed by atoms with Crippen molar-refractivity contribution in [2.24, 2.45) is 5.10 Å². The molecule has 0 aliphatic rings. The summed E-state index contributed by atoms with van der Waals surface area (Å²) in [5, 5.41) is 6.06. The van der Waals surface area contributed by atoms with Gasteiger partial charge in [0.2, 0.25) is 0 Å². The van der Waals surface area contributed by atoms with E-state index in [1.54, 1.807) is 12.1 Å². The highest BCUT2D eigenvalue weighted by Crippen LogP contribution is 2.37. The maximum atomic E-state index is 14.0. The maximum absolute atomic E-state index is 14.0. The second-order valence-corrected chi connectivity index (χ2v) is 10.3. The summed E-state index contributed by atoms with van der Waals surface area (Å²) in [6.07, 6.45) is 1.51. The van der Waals surface area contributed by atoms with Gasteiger partial charge in [0.15, 0.2) is 11.5 Å². The predicted octanol–water partition coefficient (Wildman–Crippen LogP) is 4.22. The molecule has 0 saturated heterocycles. The SMILES string of the molecule is COc1ccc(OC)c(N(CC(=O)NN=Cc2cccc3ccccc23)S(=O)(=O)c2ccc(OC)c(OC)c2)c1. The molecule has 0 aromatic heterocycles. The minimum absolute atomic E-state index is 0.102.